The molecule has 2 amide bonds. The van der Waals surface area contributed by atoms with E-state index >= 15 is 0 Å². The predicted molar refractivity (Wildman–Crippen MR) is 86.0 cm³/mol. The van der Waals surface area contributed by atoms with Gasteiger partial charge < -0.3 is 15.6 Å². The second-order valence-electron chi connectivity index (χ2n) is 6.15. The van der Waals surface area contributed by atoms with Crippen molar-refractivity contribution in [2.45, 2.75) is 39.7 Å². The number of aromatic nitrogens is 1. The van der Waals surface area contributed by atoms with Gasteiger partial charge >= 0.3 is 0 Å². The van der Waals surface area contributed by atoms with Crippen molar-refractivity contribution in [2.24, 2.45) is 0 Å². The van der Waals surface area contributed by atoms with Gasteiger partial charge in [-0.3, -0.25) is 9.59 Å². The van der Waals surface area contributed by atoms with Crippen molar-refractivity contribution in [3.8, 4) is 0 Å². The Bertz CT molecular complexity index is 757. The van der Waals surface area contributed by atoms with Gasteiger partial charge in [0.15, 0.2) is 0 Å². The second-order valence-corrected chi connectivity index (χ2v) is 6.15. The van der Waals surface area contributed by atoms with E-state index in [0.29, 0.717) is 11.7 Å². The Kier molecular flexibility index (Phi) is 3.64. The minimum Gasteiger partial charge on any atom is -0.352 e. The minimum atomic E-state index is -0.239. The van der Waals surface area contributed by atoms with E-state index in [2.05, 4.69) is 27.8 Å². The van der Waals surface area contributed by atoms with Crippen molar-refractivity contribution < 1.29 is 9.59 Å². The van der Waals surface area contributed by atoms with Gasteiger partial charge in [0.2, 0.25) is 5.91 Å². The summed E-state index contributed by atoms with van der Waals surface area (Å²) in [6, 6.07) is 4.47. The van der Waals surface area contributed by atoms with Gasteiger partial charge in [0.1, 0.15) is 5.69 Å². The standard InChI is InChI=1S/C17H21N3O2/c1-9-6-10(2)15-13(7-9)11(3)16(20-15)17(22)18-8-14(21)19-12-4-5-12/h6-7,12,20H,4-5,8H2,1-3H3,(H,18,22)(H,19,21). The lowest BCUT2D eigenvalue weighted by molar-refractivity contribution is -0.120. The Morgan fingerprint density at radius 3 is 2.64 bits per heavy atom. The molecule has 0 radical (unpaired) electrons. The highest BCUT2D eigenvalue weighted by Crippen LogP contribution is 2.25. The third kappa shape index (κ3) is 2.84. The Balaban J connectivity index is 1.77. The summed E-state index contributed by atoms with van der Waals surface area (Å²) >= 11 is 0. The molecule has 0 bridgehead atoms. The van der Waals surface area contributed by atoms with Crippen LogP contribution in [0.2, 0.25) is 0 Å². The molecule has 116 valence electrons. The quantitative estimate of drug-likeness (QED) is 0.809. The molecule has 1 aromatic carbocycles. The molecule has 1 fully saturated rings. The zero-order chi connectivity index (χ0) is 15.9. The smallest absolute Gasteiger partial charge is 0.268 e. The molecule has 0 atom stereocenters. The number of aryl methyl sites for hydroxylation is 3. The van der Waals surface area contributed by atoms with Crippen molar-refractivity contribution in [1.82, 2.24) is 15.6 Å². The van der Waals surface area contributed by atoms with E-state index in [1.165, 1.54) is 5.56 Å². The van der Waals surface area contributed by atoms with Crippen LogP contribution in [0.4, 0.5) is 0 Å². The number of carbonyl (C=O) groups is 2. The van der Waals surface area contributed by atoms with E-state index in [1.807, 2.05) is 20.8 Å². The van der Waals surface area contributed by atoms with Gasteiger partial charge in [-0.05, 0) is 50.8 Å². The fourth-order valence-electron chi connectivity index (χ4n) is 2.77. The Hall–Kier alpha value is -2.30. The molecule has 0 spiro atoms. The first-order valence-corrected chi connectivity index (χ1v) is 7.63. The van der Waals surface area contributed by atoms with Crippen LogP contribution in [-0.2, 0) is 4.79 Å². The maximum atomic E-state index is 12.3. The zero-order valence-electron chi connectivity index (χ0n) is 13.2. The second kappa shape index (κ2) is 5.48. The van der Waals surface area contributed by atoms with Crippen LogP contribution in [0, 0.1) is 20.8 Å². The summed E-state index contributed by atoms with van der Waals surface area (Å²) in [6.07, 6.45) is 2.08. The maximum Gasteiger partial charge on any atom is 0.268 e. The molecule has 1 aliphatic rings. The van der Waals surface area contributed by atoms with Crippen LogP contribution < -0.4 is 10.6 Å². The van der Waals surface area contributed by atoms with E-state index in [4.69, 9.17) is 0 Å². The third-order valence-corrected chi connectivity index (χ3v) is 4.09. The molecule has 5 nitrogen and oxygen atoms in total. The molecule has 3 rings (SSSR count). The van der Waals surface area contributed by atoms with E-state index < -0.39 is 0 Å². The van der Waals surface area contributed by atoms with Gasteiger partial charge in [-0.25, -0.2) is 0 Å². The number of fused-ring (bicyclic) bond motifs is 1. The van der Waals surface area contributed by atoms with Crippen molar-refractivity contribution in [1.29, 1.82) is 0 Å². The summed E-state index contributed by atoms with van der Waals surface area (Å²) in [5, 5.41) is 6.60. The first-order chi connectivity index (χ1) is 10.5. The first-order valence-electron chi connectivity index (χ1n) is 7.63. The molecule has 1 aromatic heterocycles. The molecule has 5 heteroatoms. The Morgan fingerprint density at radius 2 is 1.95 bits per heavy atom. The highest BCUT2D eigenvalue weighted by molar-refractivity contribution is 6.02. The Morgan fingerprint density at radius 1 is 1.23 bits per heavy atom. The molecule has 0 saturated heterocycles. The van der Waals surface area contributed by atoms with Crippen LogP contribution in [0.15, 0.2) is 12.1 Å². The van der Waals surface area contributed by atoms with E-state index in [0.717, 1.165) is 34.9 Å². The number of benzene rings is 1. The van der Waals surface area contributed by atoms with Crippen molar-refractivity contribution >= 4 is 22.7 Å². The largest absolute Gasteiger partial charge is 0.352 e. The lowest BCUT2D eigenvalue weighted by Gasteiger charge is -2.05. The topological polar surface area (TPSA) is 74.0 Å². The minimum absolute atomic E-state index is 0.0160. The number of hydrogen-bond acceptors (Lipinski definition) is 2. The summed E-state index contributed by atoms with van der Waals surface area (Å²) < 4.78 is 0. The van der Waals surface area contributed by atoms with Gasteiger partial charge in [0, 0.05) is 16.9 Å². The van der Waals surface area contributed by atoms with Crippen molar-refractivity contribution in [3.05, 3.63) is 34.5 Å². The molecule has 3 N–H and O–H groups in total. The molecule has 0 aliphatic heterocycles. The molecular formula is C17H21N3O2. The number of rotatable bonds is 4. The maximum absolute atomic E-state index is 12.3. The van der Waals surface area contributed by atoms with Crippen LogP contribution >= 0.6 is 0 Å². The van der Waals surface area contributed by atoms with E-state index in [-0.39, 0.29) is 18.4 Å². The molecule has 22 heavy (non-hydrogen) atoms. The molecule has 1 heterocycles. The van der Waals surface area contributed by atoms with E-state index in [9.17, 15) is 9.59 Å². The van der Waals surface area contributed by atoms with Gasteiger partial charge in [-0.15, -0.1) is 0 Å². The average molecular weight is 299 g/mol. The number of amides is 2. The monoisotopic (exact) mass is 299 g/mol. The summed E-state index contributed by atoms with van der Waals surface area (Å²) in [5.74, 6) is -0.367. The fraction of sp³-hybridized carbons (Fsp3) is 0.412. The third-order valence-electron chi connectivity index (χ3n) is 4.09. The number of carbonyl (C=O) groups excluding carboxylic acids is 2. The summed E-state index contributed by atoms with van der Waals surface area (Å²) in [6.45, 7) is 6.01. The normalized spacial score (nSPS) is 14.1. The lowest BCUT2D eigenvalue weighted by Crippen LogP contribution is -2.38. The lowest BCUT2D eigenvalue weighted by atomic mass is 10.1. The van der Waals surface area contributed by atoms with Crippen LogP contribution in [0.25, 0.3) is 10.9 Å². The first kappa shape index (κ1) is 14.6. The molecule has 0 unspecified atom stereocenters. The number of nitrogens with one attached hydrogen (secondary N) is 3. The van der Waals surface area contributed by atoms with E-state index in [1.54, 1.807) is 0 Å². The highest BCUT2D eigenvalue weighted by Gasteiger charge is 2.23. The van der Waals surface area contributed by atoms with Crippen LogP contribution in [0.3, 0.4) is 0 Å². The number of H-pyrrole nitrogens is 1. The SMILES string of the molecule is Cc1cc(C)c2[nH]c(C(=O)NCC(=O)NC3CC3)c(C)c2c1. The summed E-state index contributed by atoms with van der Waals surface area (Å²) in [4.78, 5) is 27.2. The van der Waals surface area contributed by atoms with Gasteiger partial charge in [0.25, 0.3) is 5.91 Å². The fourth-order valence-corrected chi connectivity index (χ4v) is 2.77. The Labute approximate surface area is 129 Å². The molecule has 2 aromatic rings. The van der Waals surface area contributed by atoms with Crippen LogP contribution in [0.5, 0.6) is 0 Å². The van der Waals surface area contributed by atoms with Crippen LogP contribution in [-0.4, -0.2) is 29.4 Å². The molecule has 1 saturated carbocycles. The zero-order valence-corrected chi connectivity index (χ0v) is 13.2. The summed E-state index contributed by atoms with van der Waals surface area (Å²) in [7, 11) is 0. The van der Waals surface area contributed by atoms with Gasteiger partial charge in [0.05, 0.1) is 6.54 Å². The number of hydrogen-bond donors (Lipinski definition) is 3. The van der Waals surface area contributed by atoms with Gasteiger partial charge in [-0.2, -0.15) is 0 Å². The van der Waals surface area contributed by atoms with Crippen molar-refractivity contribution in [2.75, 3.05) is 6.54 Å². The summed E-state index contributed by atoms with van der Waals surface area (Å²) in [5.41, 5.74) is 4.71. The molecule has 1 aliphatic carbocycles. The van der Waals surface area contributed by atoms with Crippen LogP contribution in [0.1, 0.15) is 40.0 Å². The van der Waals surface area contributed by atoms with Gasteiger partial charge in [-0.1, -0.05) is 11.6 Å². The number of aromatic amines is 1. The highest BCUT2D eigenvalue weighted by atomic mass is 16.2. The average Bonchev–Trinajstić information content (AvgIpc) is 3.20. The molecular weight excluding hydrogens is 278 g/mol. The predicted octanol–water partition coefficient (Wildman–Crippen LogP) is 2.10. The van der Waals surface area contributed by atoms with Crippen molar-refractivity contribution in [3.63, 3.8) is 0 Å².